The zero-order valence-corrected chi connectivity index (χ0v) is 12.5. The molecular formula is C14H15N3O3S. The van der Waals surface area contributed by atoms with Crippen molar-refractivity contribution in [1.29, 1.82) is 0 Å². The lowest BCUT2D eigenvalue weighted by atomic mass is 10.1. The van der Waals surface area contributed by atoms with E-state index in [1.54, 1.807) is 32.2 Å². The Kier molecular flexibility index (Phi) is 4.31. The summed E-state index contributed by atoms with van der Waals surface area (Å²) in [5.41, 5.74) is 1.14. The highest BCUT2D eigenvalue weighted by atomic mass is 32.2. The van der Waals surface area contributed by atoms with Crippen molar-refractivity contribution >= 4 is 15.8 Å². The summed E-state index contributed by atoms with van der Waals surface area (Å²) >= 11 is 0. The van der Waals surface area contributed by atoms with Gasteiger partial charge in [0.2, 0.25) is 0 Å². The van der Waals surface area contributed by atoms with E-state index in [0.29, 0.717) is 16.9 Å². The summed E-state index contributed by atoms with van der Waals surface area (Å²) in [5.74, 6) is 5.56. The Balaban J connectivity index is 2.42. The number of rotatable bonds is 3. The summed E-state index contributed by atoms with van der Waals surface area (Å²) < 4.78 is 28.8. The van der Waals surface area contributed by atoms with Crippen LogP contribution in [0.15, 0.2) is 35.4 Å². The van der Waals surface area contributed by atoms with Crippen LogP contribution in [0, 0.1) is 18.8 Å². The summed E-state index contributed by atoms with van der Waals surface area (Å²) in [5, 5.41) is 12.6. The topological polar surface area (TPSA) is 84.2 Å². The third-order valence-corrected chi connectivity index (χ3v) is 4.35. The molecule has 0 aliphatic carbocycles. The van der Waals surface area contributed by atoms with Crippen molar-refractivity contribution in [2.45, 2.75) is 11.8 Å². The quantitative estimate of drug-likeness (QED) is 0.824. The van der Waals surface area contributed by atoms with Crippen LogP contribution in [0.2, 0.25) is 0 Å². The lowest BCUT2D eigenvalue weighted by Crippen LogP contribution is -2.16. The van der Waals surface area contributed by atoms with E-state index in [-0.39, 0.29) is 11.5 Å². The molecule has 0 fully saturated rings. The van der Waals surface area contributed by atoms with Crippen molar-refractivity contribution in [1.82, 2.24) is 9.78 Å². The molecule has 2 N–H and O–H groups in total. The van der Waals surface area contributed by atoms with Crippen LogP contribution < -0.4 is 4.72 Å². The van der Waals surface area contributed by atoms with Crippen LogP contribution in [0.4, 0.5) is 5.82 Å². The molecule has 2 aromatic rings. The van der Waals surface area contributed by atoms with E-state index in [2.05, 4.69) is 21.7 Å². The van der Waals surface area contributed by atoms with Crippen molar-refractivity contribution in [2.24, 2.45) is 7.05 Å². The molecule has 0 unspecified atom stereocenters. The largest absolute Gasteiger partial charge is 0.384 e. The van der Waals surface area contributed by atoms with Gasteiger partial charge in [-0.3, -0.25) is 9.40 Å². The number of hydrogen-bond acceptors (Lipinski definition) is 4. The van der Waals surface area contributed by atoms with E-state index < -0.39 is 10.0 Å². The van der Waals surface area contributed by atoms with Gasteiger partial charge in [-0.15, -0.1) is 0 Å². The van der Waals surface area contributed by atoms with Gasteiger partial charge in [0.1, 0.15) is 12.4 Å². The van der Waals surface area contributed by atoms with Crippen LogP contribution in [0.5, 0.6) is 0 Å². The Morgan fingerprint density at radius 1 is 1.38 bits per heavy atom. The zero-order chi connectivity index (χ0) is 15.5. The highest BCUT2D eigenvalue weighted by Gasteiger charge is 2.18. The number of aromatic nitrogens is 2. The highest BCUT2D eigenvalue weighted by Crippen LogP contribution is 2.20. The Morgan fingerprint density at radius 2 is 2.14 bits per heavy atom. The normalized spacial score (nSPS) is 10.8. The molecule has 7 heteroatoms. The predicted molar refractivity (Wildman–Crippen MR) is 79.2 cm³/mol. The first-order chi connectivity index (χ1) is 9.94. The molecule has 1 aromatic carbocycles. The first kappa shape index (κ1) is 15.1. The molecule has 0 aliphatic rings. The number of benzene rings is 1. The van der Waals surface area contributed by atoms with Gasteiger partial charge in [-0.05, 0) is 24.6 Å². The molecule has 0 spiro atoms. The first-order valence-electron chi connectivity index (χ1n) is 6.15. The third kappa shape index (κ3) is 3.42. The van der Waals surface area contributed by atoms with Crippen LogP contribution >= 0.6 is 0 Å². The summed E-state index contributed by atoms with van der Waals surface area (Å²) in [6.45, 7) is 1.43. The van der Waals surface area contributed by atoms with Gasteiger partial charge in [0.25, 0.3) is 10.0 Å². The fourth-order valence-corrected chi connectivity index (χ4v) is 3.14. The zero-order valence-electron chi connectivity index (χ0n) is 11.7. The van der Waals surface area contributed by atoms with Gasteiger partial charge in [0.05, 0.1) is 11.1 Å². The van der Waals surface area contributed by atoms with Gasteiger partial charge in [-0.1, -0.05) is 17.9 Å². The minimum atomic E-state index is -3.73. The van der Waals surface area contributed by atoms with Crippen LogP contribution in [0.3, 0.4) is 0 Å². The molecular weight excluding hydrogens is 290 g/mol. The van der Waals surface area contributed by atoms with Crippen molar-refractivity contribution in [2.75, 3.05) is 11.3 Å². The second-order valence-electron chi connectivity index (χ2n) is 4.39. The van der Waals surface area contributed by atoms with Crippen LogP contribution in [0.1, 0.15) is 11.1 Å². The molecule has 0 atom stereocenters. The molecule has 0 saturated heterocycles. The van der Waals surface area contributed by atoms with E-state index in [4.69, 9.17) is 5.11 Å². The summed E-state index contributed by atoms with van der Waals surface area (Å²) in [4.78, 5) is 0.147. The number of hydrogen-bond donors (Lipinski definition) is 2. The Hall–Kier alpha value is -2.30. The maximum Gasteiger partial charge on any atom is 0.263 e. The Bertz CT molecular complexity index is 813. The summed E-state index contributed by atoms with van der Waals surface area (Å²) in [6, 6.07) is 6.44. The summed E-state index contributed by atoms with van der Waals surface area (Å²) in [7, 11) is -2.08. The van der Waals surface area contributed by atoms with Crippen molar-refractivity contribution in [3.8, 4) is 11.8 Å². The van der Waals surface area contributed by atoms with Crippen LogP contribution in [-0.2, 0) is 17.1 Å². The minimum absolute atomic E-state index is 0.147. The monoisotopic (exact) mass is 305 g/mol. The van der Waals surface area contributed by atoms with Crippen molar-refractivity contribution in [3.63, 3.8) is 0 Å². The van der Waals surface area contributed by atoms with Gasteiger partial charge in [0, 0.05) is 18.7 Å². The Labute approximate surface area is 123 Å². The second kappa shape index (κ2) is 5.99. The molecule has 0 aliphatic heterocycles. The fourth-order valence-electron chi connectivity index (χ4n) is 1.78. The number of sulfonamides is 1. The first-order valence-corrected chi connectivity index (χ1v) is 7.63. The standard InChI is InChI=1S/C14H15N3O3S/c1-11-5-6-12(4-3-9-18)10-13(11)21(19,20)16-14-7-8-15-17(14)2/h5-8,10,16,18H,9H2,1-2H3. The van der Waals surface area contributed by atoms with Crippen LogP contribution in [-0.4, -0.2) is 29.9 Å². The van der Waals surface area contributed by atoms with Crippen molar-refractivity contribution < 1.29 is 13.5 Å². The molecule has 6 nitrogen and oxygen atoms in total. The van der Waals surface area contributed by atoms with Gasteiger partial charge in [0.15, 0.2) is 0 Å². The molecule has 0 bridgehead atoms. The van der Waals surface area contributed by atoms with Gasteiger partial charge < -0.3 is 5.11 Å². The van der Waals surface area contributed by atoms with E-state index >= 15 is 0 Å². The molecule has 2 rings (SSSR count). The number of nitrogens with zero attached hydrogens (tertiary/aromatic N) is 2. The molecule has 1 heterocycles. The van der Waals surface area contributed by atoms with Gasteiger partial charge >= 0.3 is 0 Å². The van der Waals surface area contributed by atoms with E-state index in [1.165, 1.54) is 16.9 Å². The summed E-state index contributed by atoms with van der Waals surface area (Å²) in [6.07, 6.45) is 1.51. The number of anilines is 1. The molecule has 0 radical (unpaired) electrons. The SMILES string of the molecule is Cc1ccc(C#CCO)cc1S(=O)(=O)Nc1ccnn1C. The average molecular weight is 305 g/mol. The van der Waals surface area contributed by atoms with E-state index in [1.807, 2.05) is 0 Å². The molecule has 110 valence electrons. The predicted octanol–water partition coefficient (Wildman–Crippen LogP) is 0.873. The maximum atomic E-state index is 12.4. The number of aliphatic hydroxyl groups excluding tert-OH is 1. The highest BCUT2D eigenvalue weighted by molar-refractivity contribution is 7.92. The second-order valence-corrected chi connectivity index (χ2v) is 6.04. The van der Waals surface area contributed by atoms with Gasteiger partial charge in [-0.2, -0.15) is 5.10 Å². The third-order valence-electron chi connectivity index (χ3n) is 2.85. The maximum absolute atomic E-state index is 12.4. The van der Waals surface area contributed by atoms with Crippen molar-refractivity contribution in [3.05, 3.63) is 41.6 Å². The number of aryl methyl sites for hydroxylation is 2. The number of aliphatic hydroxyl groups is 1. The van der Waals surface area contributed by atoms with Crippen LogP contribution in [0.25, 0.3) is 0 Å². The van der Waals surface area contributed by atoms with Gasteiger partial charge in [-0.25, -0.2) is 8.42 Å². The molecule has 0 saturated carbocycles. The van der Waals surface area contributed by atoms with E-state index in [0.717, 1.165) is 0 Å². The Morgan fingerprint density at radius 3 is 2.76 bits per heavy atom. The number of nitrogens with one attached hydrogen (secondary N) is 1. The average Bonchev–Trinajstić information content (AvgIpc) is 2.82. The smallest absolute Gasteiger partial charge is 0.263 e. The molecule has 21 heavy (non-hydrogen) atoms. The molecule has 1 aromatic heterocycles. The fraction of sp³-hybridized carbons (Fsp3) is 0.214. The lowest BCUT2D eigenvalue weighted by molar-refractivity contribution is 0.350. The minimum Gasteiger partial charge on any atom is -0.384 e. The van der Waals surface area contributed by atoms with E-state index in [9.17, 15) is 8.42 Å². The molecule has 0 amide bonds. The lowest BCUT2D eigenvalue weighted by Gasteiger charge is -2.10.